The Bertz CT molecular complexity index is 1390. The molecule has 3 aromatic heterocycles. The molecule has 10 heteroatoms. The molecule has 33 heavy (non-hydrogen) atoms. The number of pyridine rings is 1. The molecule has 1 N–H and O–H groups in total. The fourth-order valence-electron chi connectivity index (χ4n) is 3.94. The lowest BCUT2D eigenvalue weighted by Crippen LogP contribution is -2.24. The first-order valence-electron chi connectivity index (χ1n) is 10.9. The average molecular weight is 449 g/mol. The number of anilines is 1. The second-order valence-electron chi connectivity index (χ2n) is 9.49. The minimum atomic E-state index is -0.548. The lowest BCUT2D eigenvalue weighted by atomic mass is 10.1. The van der Waals surface area contributed by atoms with E-state index in [1.54, 1.807) is 13.0 Å². The number of halogens is 1. The third-order valence-corrected chi connectivity index (χ3v) is 5.78. The Morgan fingerprint density at radius 3 is 2.58 bits per heavy atom. The van der Waals surface area contributed by atoms with Gasteiger partial charge in [-0.3, -0.25) is 4.79 Å². The van der Waals surface area contributed by atoms with Gasteiger partial charge in [-0.2, -0.15) is 9.78 Å². The molecule has 3 heterocycles. The summed E-state index contributed by atoms with van der Waals surface area (Å²) in [4.78, 5) is 18.3. The van der Waals surface area contributed by atoms with Crippen molar-refractivity contribution in [3.8, 4) is 5.69 Å². The maximum atomic E-state index is 14.7. The van der Waals surface area contributed by atoms with E-state index in [2.05, 4.69) is 25.9 Å². The third kappa shape index (κ3) is 3.75. The highest BCUT2D eigenvalue weighted by atomic mass is 19.1. The SMILES string of the molecule is Cc1nn(C(C)(C)C)c2nc(C3CC3)cc(C(=O)Nc3cc(-n4nnnc4C)ccc3F)c12. The number of hydrogen-bond donors (Lipinski definition) is 1. The van der Waals surface area contributed by atoms with Gasteiger partial charge < -0.3 is 5.32 Å². The van der Waals surface area contributed by atoms with E-state index in [0.717, 1.165) is 18.5 Å². The number of hydrogen-bond acceptors (Lipinski definition) is 6. The van der Waals surface area contributed by atoms with E-state index in [4.69, 9.17) is 4.98 Å². The summed E-state index contributed by atoms with van der Waals surface area (Å²) in [5.74, 6) is -0.0700. The van der Waals surface area contributed by atoms with Gasteiger partial charge in [-0.05, 0) is 82.2 Å². The highest BCUT2D eigenvalue weighted by Crippen LogP contribution is 2.41. The summed E-state index contributed by atoms with van der Waals surface area (Å²) in [6, 6.07) is 6.18. The van der Waals surface area contributed by atoms with Crippen LogP contribution in [0.25, 0.3) is 16.7 Å². The first-order chi connectivity index (χ1) is 15.6. The van der Waals surface area contributed by atoms with Gasteiger partial charge in [0.25, 0.3) is 5.91 Å². The Hall–Kier alpha value is -3.69. The maximum Gasteiger partial charge on any atom is 0.256 e. The molecule has 0 spiro atoms. The molecule has 1 saturated carbocycles. The fraction of sp³-hybridized carbons (Fsp3) is 0.391. The molecule has 0 bridgehead atoms. The van der Waals surface area contributed by atoms with E-state index in [1.165, 1.54) is 16.8 Å². The second kappa shape index (κ2) is 7.43. The summed E-state index contributed by atoms with van der Waals surface area (Å²) in [7, 11) is 0. The zero-order valence-electron chi connectivity index (χ0n) is 19.2. The van der Waals surface area contributed by atoms with Crippen LogP contribution < -0.4 is 5.32 Å². The molecule has 4 aromatic rings. The summed E-state index contributed by atoms with van der Waals surface area (Å²) in [6.07, 6.45) is 2.09. The number of carbonyl (C=O) groups is 1. The fourth-order valence-corrected chi connectivity index (χ4v) is 3.94. The van der Waals surface area contributed by atoms with Crippen molar-refractivity contribution >= 4 is 22.6 Å². The molecule has 0 unspecified atom stereocenters. The minimum absolute atomic E-state index is 0.0474. The van der Waals surface area contributed by atoms with Gasteiger partial charge in [0.1, 0.15) is 5.82 Å². The number of benzene rings is 1. The standard InChI is InChI=1S/C23H25FN8O/c1-12-20-16(11-18(14-6-7-14)25-21(20)32(28-12)23(3,4)5)22(33)26-19-10-15(8-9-17(19)24)31-13(2)27-29-30-31/h8-11,14H,6-7H2,1-5H3,(H,26,33). The van der Waals surface area contributed by atoms with Crippen molar-refractivity contribution < 1.29 is 9.18 Å². The van der Waals surface area contributed by atoms with Crippen molar-refractivity contribution in [3.63, 3.8) is 0 Å². The largest absolute Gasteiger partial charge is 0.319 e. The zero-order chi connectivity index (χ0) is 23.5. The predicted octanol–water partition coefficient (Wildman–Crippen LogP) is 4.05. The molecule has 1 aliphatic carbocycles. The lowest BCUT2D eigenvalue weighted by molar-refractivity contribution is 0.102. The third-order valence-electron chi connectivity index (χ3n) is 5.78. The second-order valence-corrected chi connectivity index (χ2v) is 9.49. The Labute approximate surface area is 190 Å². The Balaban J connectivity index is 1.59. The summed E-state index contributed by atoms with van der Waals surface area (Å²) >= 11 is 0. The van der Waals surface area contributed by atoms with Crippen LogP contribution in [0.1, 0.15) is 67.1 Å². The summed E-state index contributed by atoms with van der Waals surface area (Å²) < 4.78 is 18.0. The van der Waals surface area contributed by atoms with Gasteiger partial charge in [0, 0.05) is 11.6 Å². The van der Waals surface area contributed by atoms with Crippen molar-refractivity contribution in [1.29, 1.82) is 0 Å². The molecule has 0 aliphatic heterocycles. The molecule has 170 valence electrons. The van der Waals surface area contributed by atoms with Crippen LogP contribution >= 0.6 is 0 Å². The normalized spacial score (nSPS) is 14.1. The number of aromatic nitrogens is 7. The van der Waals surface area contributed by atoms with Crippen LogP contribution in [-0.2, 0) is 5.54 Å². The molecule has 1 fully saturated rings. The molecule has 5 rings (SSSR count). The smallest absolute Gasteiger partial charge is 0.256 e. The van der Waals surface area contributed by atoms with E-state index in [9.17, 15) is 9.18 Å². The van der Waals surface area contributed by atoms with Crippen LogP contribution in [0.2, 0.25) is 0 Å². The molecule has 1 aliphatic rings. The number of fused-ring (bicyclic) bond motifs is 1. The Morgan fingerprint density at radius 2 is 1.94 bits per heavy atom. The van der Waals surface area contributed by atoms with Gasteiger partial charge in [0.05, 0.1) is 33.6 Å². The maximum absolute atomic E-state index is 14.7. The molecular formula is C23H25FN8O. The average Bonchev–Trinajstić information content (AvgIpc) is 3.43. The van der Waals surface area contributed by atoms with Crippen molar-refractivity contribution in [2.45, 2.75) is 58.9 Å². The van der Waals surface area contributed by atoms with Gasteiger partial charge in [-0.1, -0.05) is 0 Å². The highest BCUT2D eigenvalue weighted by Gasteiger charge is 2.30. The molecule has 1 aromatic carbocycles. The lowest BCUT2D eigenvalue weighted by Gasteiger charge is -2.20. The first-order valence-corrected chi connectivity index (χ1v) is 10.9. The number of nitrogens with zero attached hydrogens (tertiary/aromatic N) is 7. The Kier molecular flexibility index (Phi) is 4.77. The quantitative estimate of drug-likeness (QED) is 0.505. The number of nitrogens with one attached hydrogen (secondary N) is 1. The van der Waals surface area contributed by atoms with Crippen LogP contribution in [-0.4, -0.2) is 40.9 Å². The molecule has 9 nitrogen and oxygen atoms in total. The van der Waals surface area contributed by atoms with Crippen LogP contribution in [0, 0.1) is 19.7 Å². The number of amides is 1. The van der Waals surface area contributed by atoms with Gasteiger partial charge >= 0.3 is 0 Å². The molecule has 0 radical (unpaired) electrons. The Morgan fingerprint density at radius 1 is 1.18 bits per heavy atom. The van der Waals surface area contributed by atoms with Crippen molar-refractivity contribution in [2.75, 3.05) is 5.32 Å². The number of aryl methyl sites for hydroxylation is 2. The molecule has 0 atom stereocenters. The van der Waals surface area contributed by atoms with Gasteiger partial charge in [0.2, 0.25) is 0 Å². The highest BCUT2D eigenvalue weighted by molar-refractivity contribution is 6.12. The molecule has 1 amide bonds. The van der Waals surface area contributed by atoms with E-state index in [0.29, 0.717) is 39.7 Å². The van der Waals surface area contributed by atoms with Crippen LogP contribution in [0.3, 0.4) is 0 Å². The van der Waals surface area contributed by atoms with E-state index >= 15 is 0 Å². The minimum Gasteiger partial charge on any atom is -0.319 e. The predicted molar refractivity (Wildman–Crippen MR) is 121 cm³/mol. The zero-order valence-corrected chi connectivity index (χ0v) is 19.2. The summed E-state index contributed by atoms with van der Waals surface area (Å²) in [5, 5.41) is 19.5. The van der Waals surface area contributed by atoms with Gasteiger partial charge in [-0.15, -0.1) is 5.10 Å². The first kappa shape index (κ1) is 21.2. The summed E-state index contributed by atoms with van der Waals surface area (Å²) in [5.41, 5.74) is 2.98. The van der Waals surface area contributed by atoms with Gasteiger partial charge in [0.15, 0.2) is 11.5 Å². The van der Waals surface area contributed by atoms with E-state index < -0.39 is 11.7 Å². The van der Waals surface area contributed by atoms with Crippen molar-refractivity contribution in [3.05, 3.63) is 52.9 Å². The van der Waals surface area contributed by atoms with Crippen molar-refractivity contribution in [2.24, 2.45) is 0 Å². The monoisotopic (exact) mass is 448 g/mol. The van der Waals surface area contributed by atoms with Crippen molar-refractivity contribution in [1.82, 2.24) is 35.0 Å². The van der Waals surface area contributed by atoms with Gasteiger partial charge in [-0.25, -0.2) is 14.1 Å². The molecular weight excluding hydrogens is 423 g/mol. The van der Waals surface area contributed by atoms with Crippen LogP contribution in [0.15, 0.2) is 24.3 Å². The van der Waals surface area contributed by atoms with E-state index in [1.807, 2.05) is 38.4 Å². The van der Waals surface area contributed by atoms with Crippen LogP contribution in [0.4, 0.5) is 10.1 Å². The van der Waals surface area contributed by atoms with E-state index in [-0.39, 0.29) is 11.2 Å². The number of tetrazole rings is 1. The number of carbonyl (C=O) groups excluding carboxylic acids is 1. The number of rotatable bonds is 4. The van der Waals surface area contributed by atoms with Crippen LogP contribution in [0.5, 0.6) is 0 Å². The summed E-state index contributed by atoms with van der Waals surface area (Å²) in [6.45, 7) is 9.75. The topological polar surface area (TPSA) is 103 Å². The molecule has 0 saturated heterocycles.